The Balaban J connectivity index is 1.53. The number of benzene rings is 1. The van der Waals surface area contributed by atoms with E-state index >= 15 is 0 Å². The predicted octanol–water partition coefficient (Wildman–Crippen LogP) is 3.73. The third-order valence-electron chi connectivity index (χ3n) is 3.31. The predicted molar refractivity (Wildman–Crippen MR) is 101 cm³/mol. The topological polar surface area (TPSA) is 104 Å². The van der Waals surface area contributed by atoms with Crippen molar-refractivity contribution < 1.29 is 9.21 Å². The molecule has 1 amide bonds. The zero-order chi connectivity index (χ0) is 18.4. The second kappa shape index (κ2) is 8.51. The highest BCUT2D eigenvalue weighted by atomic mass is 32.2. The molecule has 3 rings (SSSR count). The zero-order valence-corrected chi connectivity index (χ0v) is 15.4. The molecule has 0 aliphatic carbocycles. The molecule has 1 aromatic carbocycles. The molecule has 0 unspecified atom stereocenters. The standard InChI is InChI=1S/C17H15N5O2S2/c1-11(15(23)20-13-5-2-4-12(8-13)9-18)25-17-22-21-16(26-17)19-10-14-6-3-7-24-14/h2-8,11H,10H2,1H3,(H,19,21)(H,20,23)/t11-/m0/s1. The average molecular weight is 385 g/mol. The molecule has 0 aliphatic rings. The summed E-state index contributed by atoms with van der Waals surface area (Å²) < 4.78 is 5.94. The summed E-state index contributed by atoms with van der Waals surface area (Å²) in [6.07, 6.45) is 1.62. The number of amides is 1. The van der Waals surface area contributed by atoms with Crippen molar-refractivity contribution in [3.63, 3.8) is 0 Å². The number of thioether (sulfide) groups is 1. The highest BCUT2D eigenvalue weighted by Gasteiger charge is 2.17. The molecule has 0 fully saturated rings. The van der Waals surface area contributed by atoms with Gasteiger partial charge < -0.3 is 15.1 Å². The van der Waals surface area contributed by atoms with E-state index in [1.54, 1.807) is 37.5 Å². The van der Waals surface area contributed by atoms with Gasteiger partial charge in [0.15, 0.2) is 4.34 Å². The fourth-order valence-electron chi connectivity index (χ4n) is 2.02. The largest absolute Gasteiger partial charge is 0.467 e. The Labute approximate surface area is 158 Å². The summed E-state index contributed by atoms with van der Waals surface area (Å²) in [4.78, 5) is 12.3. The number of hydrogen-bond acceptors (Lipinski definition) is 8. The van der Waals surface area contributed by atoms with Crippen LogP contribution in [0.3, 0.4) is 0 Å². The maximum Gasteiger partial charge on any atom is 0.237 e. The number of aromatic nitrogens is 2. The van der Waals surface area contributed by atoms with Gasteiger partial charge in [-0.2, -0.15) is 5.26 Å². The van der Waals surface area contributed by atoms with Gasteiger partial charge in [-0.1, -0.05) is 29.2 Å². The average Bonchev–Trinajstić information content (AvgIpc) is 3.31. The molecule has 0 saturated heterocycles. The van der Waals surface area contributed by atoms with E-state index in [9.17, 15) is 4.79 Å². The highest BCUT2D eigenvalue weighted by molar-refractivity contribution is 8.02. The third-order valence-corrected chi connectivity index (χ3v) is 5.37. The number of nitriles is 1. The van der Waals surface area contributed by atoms with Gasteiger partial charge in [-0.3, -0.25) is 4.79 Å². The molecule has 1 atom stereocenters. The van der Waals surface area contributed by atoms with Crippen molar-refractivity contribution in [3.05, 3.63) is 54.0 Å². The Hall–Kier alpha value is -2.83. The van der Waals surface area contributed by atoms with Gasteiger partial charge in [0.05, 0.1) is 29.7 Å². The van der Waals surface area contributed by atoms with Gasteiger partial charge in [-0.15, -0.1) is 10.2 Å². The first kappa shape index (κ1) is 18.0. The maximum atomic E-state index is 12.3. The number of carbonyl (C=O) groups is 1. The molecule has 3 aromatic rings. The molecule has 9 heteroatoms. The lowest BCUT2D eigenvalue weighted by atomic mass is 10.2. The smallest absolute Gasteiger partial charge is 0.237 e. The van der Waals surface area contributed by atoms with Crippen LogP contribution in [-0.2, 0) is 11.3 Å². The molecular formula is C17H15N5O2S2. The van der Waals surface area contributed by atoms with Crippen molar-refractivity contribution in [1.82, 2.24) is 10.2 Å². The van der Waals surface area contributed by atoms with Crippen LogP contribution in [0.4, 0.5) is 10.8 Å². The molecule has 26 heavy (non-hydrogen) atoms. The highest BCUT2D eigenvalue weighted by Crippen LogP contribution is 2.29. The summed E-state index contributed by atoms with van der Waals surface area (Å²) in [5.41, 5.74) is 1.10. The van der Waals surface area contributed by atoms with E-state index in [0.29, 0.717) is 27.3 Å². The van der Waals surface area contributed by atoms with E-state index in [2.05, 4.69) is 20.8 Å². The number of anilines is 2. The summed E-state index contributed by atoms with van der Waals surface area (Å²) in [6, 6.07) is 12.5. The van der Waals surface area contributed by atoms with Crippen LogP contribution in [0.2, 0.25) is 0 Å². The number of nitrogens with one attached hydrogen (secondary N) is 2. The number of hydrogen-bond donors (Lipinski definition) is 2. The van der Waals surface area contributed by atoms with Crippen molar-refractivity contribution in [3.8, 4) is 6.07 Å². The monoisotopic (exact) mass is 385 g/mol. The van der Waals surface area contributed by atoms with E-state index in [-0.39, 0.29) is 11.2 Å². The SMILES string of the molecule is C[C@H](Sc1nnc(NCc2ccco2)s1)C(=O)Nc1cccc(C#N)c1. The summed E-state index contributed by atoms with van der Waals surface area (Å²) in [5, 5.41) is 23.3. The van der Waals surface area contributed by atoms with Crippen molar-refractivity contribution in [2.45, 2.75) is 23.1 Å². The minimum absolute atomic E-state index is 0.162. The van der Waals surface area contributed by atoms with Gasteiger partial charge in [-0.25, -0.2) is 0 Å². The van der Waals surface area contributed by atoms with Crippen LogP contribution in [0.15, 0.2) is 51.4 Å². The van der Waals surface area contributed by atoms with Crippen LogP contribution < -0.4 is 10.6 Å². The number of rotatable bonds is 7. The molecule has 132 valence electrons. The van der Waals surface area contributed by atoms with Crippen molar-refractivity contribution in [2.24, 2.45) is 0 Å². The fraction of sp³-hybridized carbons (Fsp3) is 0.176. The lowest BCUT2D eigenvalue weighted by molar-refractivity contribution is -0.115. The van der Waals surface area contributed by atoms with Crippen LogP contribution in [0, 0.1) is 11.3 Å². The molecule has 0 saturated carbocycles. The number of nitrogens with zero attached hydrogens (tertiary/aromatic N) is 3. The van der Waals surface area contributed by atoms with E-state index in [0.717, 1.165) is 5.76 Å². The second-order valence-electron chi connectivity index (χ2n) is 5.25. The van der Waals surface area contributed by atoms with Gasteiger partial charge in [0.25, 0.3) is 0 Å². The molecule has 2 N–H and O–H groups in total. The Kier molecular flexibility index (Phi) is 5.88. The van der Waals surface area contributed by atoms with Gasteiger partial charge in [0.2, 0.25) is 11.0 Å². The van der Waals surface area contributed by atoms with Crippen molar-refractivity contribution in [1.29, 1.82) is 5.26 Å². The van der Waals surface area contributed by atoms with Crippen LogP contribution in [-0.4, -0.2) is 21.4 Å². The molecule has 0 radical (unpaired) electrons. The number of carbonyl (C=O) groups excluding carboxylic acids is 1. The van der Waals surface area contributed by atoms with Crippen LogP contribution in [0.5, 0.6) is 0 Å². The first-order chi connectivity index (χ1) is 12.6. The van der Waals surface area contributed by atoms with E-state index < -0.39 is 0 Å². The Morgan fingerprint density at radius 1 is 1.38 bits per heavy atom. The van der Waals surface area contributed by atoms with E-state index in [1.807, 2.05) is 18.2 Å². The summed E-state index contributed by atoms with van der Waals surface area (Å²) in [7, 11) is 0. The van der Waals surface area contributed by atoms with E-state index in [4.69, 9.17) is 9.68 Å². The molecule has 0 bridgehead atoms. The molecule has 2 aromatic heterocycles. The van der Waals surface area contributed by atoms with Gasteiger partial charge in [-0.05, 0) is 37.3 Å². The quantitative estimate of drug-likeness (QED) is 0.597. The van der Waals surface area contributed by atoms with Crippen LogP contribution in [0.1, 0.15) is 18.2 Å². The normalized spacial score (nSPS) is 11.5. The lowest BCUT2D eigenvalue weighted by Gasteiger charge is -2.10. The molecule has 7 nitrogen and oxygen atoms in total. The first-order valence-corrected chi connectivity index (χ1v) is 9.41. The minimum Gasteiger partial charge on any atom is -0.467 e. The summed E-state index contributed by atoms with van der Waals surface area (Å²) in [5.74, 6) is 0.645. The van der Waals surface area contributed by atoms with Crippen LogP contribution in [0.25, 0.3) is 0 Å². The Morgan fingerprint density at radius 3 is 3.04 bits per heavy atom. The van der Waals surface area contributed by atoms with Gasteiger partial charge in [0.1, 0.15) is 5.76 Å². The zero-order valence-electron chi connectivity index (χ0n) is 13.8. The maximum absolute atomic E-state index is 12.3. The van der Waals surface area contributed by atoms with Crippen molar-refractivity contribution in [2.75, 3.05) is 10.6 Å². The van der Waals surface area contributed by atoms with Gasteiger partial charge >= 0.3 is 0 Å². The Bertz CT molecular complexity index is 917. The Morgan fingerprint density at radius 2 is 2.27 bits per heavy atom. The molecule has 0 spiro atoms. The minimum atomic E-state index is -0.355. The third kappa shape index (κ3) is 4.84. The fourth-order valence-corrected chi connectivity index (χ4v) is 3.91. The molecule has 2 heterocycles. The lowest BCUT2D eigenvalue weighted by Crippen LogP contribution is -2.22. The van der Waals surface area contributed by atoms with Crippen molar-refractivity contribution >= 4 is 39.8 Å². The van der Waals surface area contributed by atoms with Gasteiger partial charge in [0, 0.05) is 5.69 Å². The number of furan rings is 1. The van der Waals surface area contributed by atoms with Crippen LogP contribution >= 0.6 is 23.1 Å². The molecular weight excluding hydrogens is 370 g/mol. The molecule has 0 aliphatic heterocycles. The summed E-state index contributed by atoms with van der Waals surface area (Å²) in [6.45, 7) is 2.32. The second-order valence-corrected chi connectivity index (χ2v) is 7.81. The summed E-state index contributed by atoms with van der Waals surface area (Å²) >= 11 is 2.71. The first-order valence-electron chi connectivity index (χ1n) is 7.71. The van der Waals surface area contributed by atoms with E-state index in [1.165, 1.54) is 23.1 Å².